The molecule has 0 bridgehead atoms. The number of piperidine rings is 1. The van der Waals surface area contributed by atoms with Crippen LogP contribution in [0.4, 0.5) is 0 Å². The molecule has 5 rings (SSSR count). The third-order valence-electron chi connectivity index (χ3n) is 7.31. The summed E-state index contributed by atoms with van der Waals surface area (Å²) in [5, 5.41) is 11.2. The van der Waals surface area contributed by atoms with Gasteiger partial charge in [-0.05, 0) is 67.3 Å². The zero-order valence-corrected chi connectivity index (χ0v) is 21.9. The molecular formula is C29H32N4O5. The zero-order chi connectivity index (χ0) is 26.6. The number of dihydropyridines is 1. The van der Waals surface area contributed by atoms with Gasteiger partial charge in [-0.3, -0.25) is 4.90 Å². The number of allylic oxidation sites excluding steroid dienone is 2. The van der Waals surface area contributed by atoms with Crippen LogP contribution >= 0.6 is 0 Å². The van der Waals surface area contributed by atoms with Crippen LogP contribution in [0.5, 0.6) is 0 Å². The highest BCUT2D eigenvalue weighted by Crippen LogP contribution is 2.42. The fourth-order valence-electron chi connectivity index (χ4n) is 5.46. The van der Waals surface area contributed by atoms with Crippen LogP contribution in [0.3, 0.4) is 0 Å². The minimum atomic E-state index is -0.779. The summed E-state index contributed by atoms with van der Waals surface area (Å²) in [4.78, 5) is 29.5. The van der Waals surface area contributed by atoms with E-state index in [0.717, 1.165) is 31.5 Å². The van der Waals surface area contributed by atoms with E-state index in [4.69, 9.17) is 14.1 Å². The summed E-state index contributed by atoms with van der Waals surface area (Å²) in [6.45, 7) is 6.14. The standard InChI is InChI=1S/C29H32N4O5/c1-18-24(28(34)36-3)26(21-13-10-14-22-27(21)32-38-31-22)25(19(2)30-18)29(35)37-23(20-11-6-4-7-12-20)17-33-15-8-5-9-16-33/h4,6-7,10-14,23,26,30H,5,8-9,15-17H2,1-3H3. The third kappa shape index (κ3) is 5.06. The van der Waals surface area contributed by atoms with Crippen LogP contribution in [-0.4, -0.2) is 53.9 Å². The number of nitrogens with zero attached hydrogens (tertiary/aromatic N) is 3. The number of hydrogen-bond acceptors (Lipinski definition) is 9. The number of likely N-dealkylation sites (tertiary alicyclic amines) is 1. The molecule has 1 aromatic heterocycles. The molecule has 0 radical (unpaired) electrons. The maximum absolute atomic E-state index is 14.1. The van der Waals surface area contributed by atoms with E-state index in [-0.39, 0.29) is 0 Å². The van der Waals surface area contributed by atoms with E-state index in [1.165, 1.54) is 13.5 Å². The molecule has 2 unspecified atom stereocenters. The van der Waals surface area contributed by atoms with Crippen molar-refractivity contribution in [3.63, 3.8) is 0 Å². The van der Waals surface area contributed by atoms with Gasteiger partial charge in [0.15, 0.2) is 0 Å². The SMILES string of the molecule is COC(=O)C1=C(C)NC(C)=C(C(=O)OC(CN2CCCCC2)c2ccccc2)C1c1cccc2nonc12. The molecule has 0 amide bonds. The quantitative estimate of drug-likeness (QED) is 0.457. The maximum atomic E-state index is 14.1. The first kappa shape index (κ1) is 25.7. The van der Waals surface area contributed by atoms with Gasteiger partial charge in [0, 0.05) is 17.9 Å². The predicted octanol–water partition coefficient (Wildman–Crippen LogP) is 4.40. The van der Waals surface area contributed by atoms with E-state index in [1.54, 1.807) is 19.1 Å². The van der Waals surface area contributed by atoms with Crippen LogP contribution in [0, 0.1) is 0 Å². The Balaban J connectivity index is 1.55. The highest BCUT2D eigenvalue weighted by Gasteiger charge is 2.40. The molecule has 0 aliphatic carbocycles. The summed E-state index contributed by atoms with van der Waals surface area (Å²) in [7, 11) is 1.32. The van der Waals surface area contributed by atoms with Gasteiger partial charge in [-0.1, -0.05) is 48.9 Å². The summed E-state index contributed by atoms with van der Waals surface area (Å²) in [5.74, 6) is -1.83. The largest absolute Gasteiger partial charge is 0.466 e. The molecule has 2 aliphatic heterocycles. The minimum Gasteiger partial charge on any atom is -0.466 e. The summed E-state index contributed by atoms with van der Waals surface area (Å²) < 4.78 is 16.4. The molecule has 38 heavy (non-hydrogen) atoms. The van der Waals surface area contributed by atoms with Gasteiger partial charge >= 0.3 is 11.9 Å². The zero-order valence-electron chi connectivity index (χ0n) is 21.9. The van der Waals surface area contributed by atoms with Gasteiger partial charge in [-0.2, -0.15) is 0 Å². The van der Waals surface area contributed by atoms with Crippen molar-refractivity contribution in [1.82, 2.24) is 20.5 Å². The Bertz CT molecular complexity index is 1390. The van der Waals surface area contributed by atoms with E-state index in [1.807, 2.05) is 43.3 Å². The van der Waals surface area contributed by atoms with Crippen LogP contribution in [0.2, 0.25) is 0 Å². The smallest absolute Gasteiger partial charge is 0.337 e. The number of aromatic nitrogens is 2. The van der Waals surface area contributed by atoms with Crippen molar-refractivity contribution in [2.45, 2.75) is 45.1 Å². The molecule has 1 N–H and O–H groups in total. The lowest BCUT2D eigenvalue weighted by Crippen LogP contribution is -2.36. The molecule has 1 saturated heterocycles. The van der Waals surface area contributed by atoms with Crippen molar-refractivity contribution < 1.29 is 23.7 Å². The van der Waals surface area contributed by atoms with Crippen molar-refractivity contribution in [1.29, 1.82) is 0 Å². The van der Waals surface area contributed by atoms with Crippen molar-refractivity contribution in [3.8, 4) is 0 Å². The van der Waals surface area contributed by atoms with E-state index in [9.17, 15) is 9.59 Å². The molecule has 9 heteroatoms. The number of nitrogens with one attached hydrogen (secondary N) is 1. The number of esters is 2. The second-order valence-electron chi connectivity index (χ2n) is 9.77. The molecule has 3 heterocycles. The summed E-state index contributed by atoms with van der Waals surface area (Å²) >= 11 is 0. The number of hydrogen-bond donors (Lipinski definition) is 1. The molecule has 2 atom stereocenters. The average molecular weight is 517 g/mol. The molecule has 0 spiro atoms. The number of ether oxygens (including phenoxy) is 2. The van der Waals surface area contributed by atoms with Crippen molar-refractivity contribution >= 4 is 23.0 Å². The van der Waals surface area contributed by atoms with Gasteiger partial charge in [-0.25, -0.2) is 14.2 Å². The van der Waals surface area contributed by atoms with Crippen LogP contribution < -0.4 is 5.32 Å². The van der Waals surface area contributed by atoms with E-state index in [2.05, 4.69) is 20.5 Å². The minimum absolute atomic E-state index is 0.313. The van der Waals surface area contributed by atoms with Gasteiger partial charge in [0.1, 0.15) is 17.1 Å². The van der Waals surface area contributed by atoms with E-state index >= 15 is 0 Å². The van der Waals surface area contributed by atoms with Crippen molar-refractivity contribution in [2.75, 3.05) is 26.7 Å². The summed E-state index contributed by atoms with van der Waals surface area (Å²) in [6, 6.07) is 15.2. The molecule has 0 saturated carbocycles. The molecule has 9 nitrogen and oxygen atoms in total. The van der Waals surface area contributed by atoms with Gasteiger partial charge in [0.25, 0.3) is 0 Å². The first-order valence-corrected chi connectivity index (χ1v) is 12.9. The second-order valence-corrected chi connectivity index (χ2v) is 9.77. The number of rotatable bonds is 7. The van der Waals surface area contributed by atoms with Crippen molar-refractivity contribution in [3.05, 3.63) is 82.2 Å². The number of benzene rings is 2. The highest BCUT2D eigenvalue weighted by atomic mass is 16.6. The number of carbonyl (C=O) groups is 2. The Labute approximate surface area is 221 Å². The Kier molecular flexibility index (Phi) is 7.55. The predicted molar refractivity (Wildman–Crippen MR) is 141 cm³/mol. The Morgan fingerprint density at radius 3 is 2.39 bits per heavy atom. The molecule has 2 aliphatic rings. The Morgan fingerprint density at radius 2 is 1.68 bits per heavy atom. The molecular weight excluding hydrogens is 484 g/mol. The monoisotopic (exact) mass is 516 g/mol. The maximum Gasteiger partial charge on any atom is 0.337 e. The van der Waals surface area contributed by atoms with Gasteiger partial charge in [0.2, 0.25) is 0 Å². The Morgan fingerprint density at radius 1 is 0.974 bits per heavy atom. The number of fused-ring (bicyclic) bond motifs is 1. The fraction of sp³-hybridized carbons (Fsp3) is 0.379. The highest BCUT2D eigenvalue weighted by molar-refractivity contribution is 6.01. The van der Waals surface area contributed by atoms with Gasteiger partial charge < -0.3 is 14.8 Å². The first-order chi connectivity index (χ1) is 18.5. The lowest BCUT2D eigenvalue weighted by molar-refractivity contribution is -0.146. The molecule has 198 valence electrons. The lowest BCUT2D eigenvalue weighted by Gasteiger charge is -2.33. The summed E-state index contributed by atoms with van der Waals surface area (Å²) in [5.41, 5.74) is 4.37. The van der Waals surface area contributed by atoms with Gasteiger partial charge in [0.05, 0.1) is 24.2 Å². The molecule has 2 aromatic carbocycles. The average Bonchev–Trinajstić information content (AvgIpc) is 3.42. The number of carbonyl (C=O) groups excluding carboxylic acids is 2. The fourth-order valence-corrected chi connectivity index (χ4v) is 5.46. The van der Waals surface area contributed by atoms with Crippen LogP contribution in [0.15, 0.2) is 75.7 Å². The van der Waals surface area contributed by atoms with E-state index in [0.29, 0.717) is 45.7 Å². The first-order valence-electron chi connectivity index (χ1n) is 12.9. The van der Waals surface area contributed by atoms with Crippen molar-refractivity contribution in [2.24, 2.45) is 0 Å². The third-order valence-corrected chi connectivity index (χ3v) is 7.31. The molecule has 3 aromatic rings. The number of methoxy groups -OCH3 is 1. The topological polar surface area (TPSA) is 107 Å². The van der Waals surface area contributed by atoms with Gasteiger partial charge in [-0.15, -0.1) is 0 Å². The Hall–Kier alpha value is -3.98. The van der Waals surface area contributed by atoms with E-state index < -0.39 is 24.0 Å². The lowest BCUT2D eigenvalue weighted by atomic mass is 9.80. The summed E-state index contributed by atoms with van der Waals surface area (Å²) in [6.07, 6.45) is 3.01. The second kappa shape index (κ2) is 11.2. The van der Waals surface area contributed by atoms with Crippen LogP contribution in [-0.2, 0) is 19.1 Å². The van der Waals surface area contributed by atoms with Crippen LogP contribution in [0.1, 0.15) is 56.3 Å². The molecule has 1 fully saturated rings. The normalized spacial score (nSPS) is 19.3. The van der Waals surface area contributed by atoms with Crippen LogP contribution in [0.25, 0.3) is 11.0 Å².